The zero-order valence-electron chi connectivity index (χ0n) is 13.0. The molecule has 1 aliphatic heterocycles. The summed E-state index contributed by atoms with van der Waals surface area (Å²) in [5, 5.41) is 0.483. The number of hydrogen-bond acceptors (Lipinski definition) is 3. The van der Waals surface area contributed by atoms with Gasteiger partial charge in [0.1, 0.15) is 17.0 Å². The summed E-state index contributed by atoms with van der Waals surface area (Å²) in [7, 11) is 1.80. The van der Waals surface area contributed by atoms with E-state index >= 15 is 0 Å². The Kier molecular flexibility index (Phi) is 3.18. The van der Waals surface area contributed by atoms with Gasteiger partial charge < -0.3 is 9.47 Å². The second-order valence-electron chi connectivity index (χ2n) is 6.02. The topological polar surface area (TPSA) is 59.6 Å². The minimum atomic E-state index is -0.140. The highest BCUT2D eigenvalue weighted by Crippen LogP contribution is 2.18. The van der Waals surface area contributed by atoms with E-state index in [1.165, 1.54) is 10.8 Å². The van der Waals surface area contributed by atoms with Crippen LogP contribution in [0.5, 0.6) is 0 Å². The zero-order chi connectivity index (χ0) is 16.0. The van der Waals surface area contributed by atoms with Crippen LogP contribution < -0.4 is 5.56 Å². The van der Waals surface area contributed by atoms with Gasteiger partial charge in [0.2, 0.25) is 0 Å². The number of hydrogen-bond donors (Lipinski definition) is 0. The largest absolute Gasteiger partial charge is 0.337 e. The third kappa shape index (κ3) is 2.13. The van der Waals surface area contributed by atoms with Crippen molar-refractivity contribution in [1.29, 1.82) is 0 Å². The van der Waals surface area contributed by atoms with Crippen LogP contribution in [0.1, 0.15) is 29.8 Å². The van der Waals surface area contributed by atoms with Crippen molar-refractivity contribution >= 4 is 22.6 Å². The van der Waals surface area contributed by atoms with Gasteiger partial charge in [-0.1, -0.05) is 6.07 Å². The van der Waals surface area contributed by atoms with Gasteiger partial charge in [-0.2, -0.15) is 0 Å². The van der Waals surface area contributed by atoms with Gasteiger partial charge in [-0.15, -0.1) is 0 Å². The Morgan fingerprint density at radius 2 is 1.96 bits per heavy atom. The van der Waals surface area contributed by atoms with E-state index in [1.807, 2.05) is 11.0 Å². The van der Waals surface area contributed by atoms with Crippen molar-refractivity contribution in [2.75, 3.05) is 13.1 Å². The molecule has 1 fully saturated rings. The van der Waals surface area contributed by atoms with Crippen LogP contribution in [0.4, 0.5) is 0 Å². The molecule has 4 heterocycles. The molecular weight excluding hydrogens is 292 g/mol. The Morgan fingerprint density at radius 1 is 1.17 bits per heavy atom. The van der Waals surface area contributed by atoms with Gasteiger partial charge in [0.15, 0.2) is 0 Å². The van der Waals surface area contributed by atoms with E-state index in [-0.39, 0.29) is 11.5 Å². The predicted octanol–water partition coefficient (Wildman–Crippen LogP) is 1.81. The summed E-state index contributed by atoms with van der Waals surface area (Å²) < 4.78 is 3.25. The number of nitrogens with zero attached hydrogens (tertiary/aromatic N) is 4. The molecule has 0 N–H and O–H groups in total. The quantitative estimate of drug-likeness (QED) is 0.689. The Balaban J connectivity index is 1.90. The van der Waals surface area contributed by atoms with Crippen molar-refractivity contribution in [3.8, 4) is 0 Å². The maximum Gasteiger partial charge on any atom is 0.270 e. The molecule has 0 bridgehead atoms. The monoisotopic (exact) mass is 310 g/mol. The fourth-order valence-corrected chi connectivity index (χ4v) is 3.28. The third-order valence-electron chi connectivity index (χ3n) is 4.57. The SMILES string of the molecule is Cn1c(C(=O)N2CCCCC2)cc2c(=O)n3ccccc3nc21. The molecule has 0 radical (unpaired) electrons. The predicted molar refractivity (Wildman–Crippen MR) is 87.7 cm³/mol. The Labute approximate surface area is 133 Å². The molecule has 1 aliphatic rings. The Bertz CT molecular complexity index is 964. The summed E-state index contributed by atoms with van der Waals surface area (Å²) >= 11 is 0. The van der Waals surface area contributed by atoms with E-state index in [2.05, 4.69) is 4.98 Å². The number of piperidine rings is 1. The number of amides is 1. The number of carbonyl (C=O) groups is 1. The number of aryl methyl sites for hydroxylation is 1. The second-order valence-corrected chi connectivity index (χ2v) is 6.02. The number of likely N-dealkylation sites (tertiary alicyclic amines) is 1. The van der Waals surface area contributed by atoms with Crippen LogP contribution in [0.15, 0.2) is 35.3 Å². The number of rotatable bonds is 1. The highest BCUT2D eigenvalue weighted by Gasteiger charge is 2.23. The van der Waals surface area contributed by atoms with Crippen LogP contribution >= 0.6 is 0 Å². The first-order valence-corrected chi connectivity index (χ1v) is 7.93. The highest BCUT2D eigenvalue weighted by molar-refractivity contribution is 5.98. The molecule has 4 rings (SSSR count). The van der Waals surface area contributed by atoms with Gasteiger partial charge in [0.25, 0.3) is 11.5 Å². The maximum atomic E-state index is 12.8. The summed E-state index contributed by atoms with van der Waals surface area (Å²) in [6, 6.07) is 7.11. The van der Waals surface area contributed by atoms with E-state index in [9.17, 15) is 9.59 Å². The van der Waals surface area contributed by atoms with E-state index in [4.69, 9.17) is 0 Å². The number of fused-ring (bicyclic) bond motifs is 2. The average molecular weight is 310 g/mol. The Hall–Kier alpha value is -2.63. The van der Waals surface area contributed by atoms with Gasteiger partial charge in [-0.3, -0.25) is 14.0 Å². The lowest BCUT2D eigenvalue weighted by molar-refractivity contribution is 0.0715. The normalized spacial score (nSPS) is 15.4. The van der Waals surface area contributed by atoms with Crippen molar-refractivity contribution in [3.05, 3.63) is 46.5 Å². The molecule has 6 heteroatoms. The van der Waals surface area contributed by atoms with Crippen LogP contribution in [0.25, 0.3) is 16.7 Å². The lowest BCUT2D eigenvalue weighted by Crippen LogP contribution is -2.36. The molecule has 1 saturated heterocycles. The standard InChI is InChI=1S/C17H18N4O2/c1-19-13(17(23)20-8-4-2-5-9-20)11-12-15(19)18-14-7-3-6-10-21(14)16(12)22/h3,6-7,10-11H,2,4-5,8-9H2,1H3. The Morgan fingerprint density at radius 3 is 2.74 bits per heavy atom. The summed E-state index contributed by atoms with van der Waals surface area (Å²) in [6.07, 6.45) is 4.96. The van der Waals surface area contributed by atoms with Gasteiger partial charge in [0, 0.05) is 26.3 Å². The van der Waals surface area contributed by atoms with Crippen LogP contribution in [0.3, 0.4) is 0 Å². The van der Waals surface area contributed by atoms with Crippen molar-refractivity contribution in [2.24, 2.45) is 7.05 Å². The van der Waals surface area contributed by atoms with Crippen LogP contribution in [0.2, 0.25) is 0 Å². The maximum absolute atomic E-state index is 12.8. The second kappa shape index (κ2) is 5.22. The molecule has 6 nitrogen and oxygen atoms in total. The van der Waals surface area contributed by atoms with Crippen LogP contribution in [0, 0.1) is 0 Å². The summed E-state index contributed by atoms with van der Waals surface area (Å²) in [5.41, 5.74) is 1.53. The summed E-state index contributed by atoms with van der Waals surface area (Å²) in [5.74, 6) is -0.0151. The van der Waals surface area contributed by atoms with Crippen molar-refractivity contribution in [3.63, 3.8) is 0 Å². The summed E-state index contributed by atoms with van der Waals surface area (Å²) in [4.78, 5) is 31.8. The number of aromatic nitrogens is 3. The summed E-state index contributed by atoms with van der Waals surface area (Å²) in [6.45, 7) is 1.57. The average Bonchev–Trinajstić information content (AvgIpc) is 2.93. The highest BCUT2D eigenvalue weighted by atomic mass is 16.2. The molecule has 0 aromatic carbocycles. The van der Waals surface area contributed by atoms with Gasteiger partial charge >= 0.3 is 0 Å². The van der Waals surface area contributed by atoms with Crippen molar-refractivity contribution in [1.82, 2.24) is 18.9 Å². The van der Waals surface area contributed by atoms with E-state index in [1.54, 1.807) is 36.0 Å². The number of pyridine rings is 1. The molecule has 0 atom stereocenters. The minimum Gasteiger partial charge on any atom is -0.337 e. The first kappa shape index (κ1) is 14.0. The molecule has 0 saturated carbocycles. The van der Waals surface area contributed by atoms with Crippen molar-refractivity contribution in [2.45, 2.75) is 19.3 Å². The number of carbonyl (C=O) groups excluding carboxylic acids is 1. The van der Waals surface area contributed by atoms with E-state index in [0.717, 1.165) is 25.9 Å². The van der Waals surface area contributed by atoms with Crippen molar-refractivity contribution < 1.29 is 4.79 Å². The lowest BCUT2D eigenvalue weighted by atomic mass is 10.1. The molecule has 3 aromatic heterocycles. The zero-order valence-corrected chi connectivity index (χ0v) is 13.0. The molecular formula is C17H18N4O2. The fraction of sp³-hybridized carbons (Fsp3) is 0.353. The fourth-order valence-electron chi connectivity index (χ4n) is 3.28. The van der Waals surface area contributed by atoms with Gasteiger partial charge in [-0.25, -0.2) is 4.98 Å². The molecule has 118 valence electrons. The smallest absolute Gasteiger partial charge is 0.270 e. The van der Waals surface area contributed by atoms with Gasteiger partial charge in [0.05, 0.1) is 5.39 Å². The molecule has 23 heavy (non-hydrogen) atoms. The van der Waals surface area contributed by atoms with E-state index < -0.39 is 0 Å². The molecule has 0 spiro atoms. The molecule has 1 amide bonds. The first-order chi connectivity index (χ1) is 11.2. The lowest BCUT2D eigenvalue weighted by Gasteiger charge is -2.26. The minimum absolute atomic E-state index is 0.0151. The molecule has 0 unspecified atom stereocenters. The third-order valence-corrected chi connectivity index (χ3v) is 4.57. The first-order valence-electron chi connectivity index (χ1n) is 7.93. The molecule has 0 aliphatic carbocycles. The van der Waals surface area contributed by atoms with E-state index in [0.29, 0.717) is 22.4 Å². The van der Waals surface area contributed by atoms with Crippen LogP contribution in [-0.4, -0.2) is 37.8 Å². The van der Waals surface area contributed by atoms with Crippen LogP contribution in [-0.2, 0) is 7.05 Å². The van der Waals surface area contributed by atoms with Gasteiger partial charge in [-0.05, 0) is 37.5 Å². The molecule has 3 aromatic rings.